The fourth-order valence-electron chi connectivity index (χ4n) is 1.99. The zero-order valence-corrected chi connectivity index (χ0v) is 12.8. The third-order valence-corrected chi connectivity index (χ3v) is 3.80. The molecule has 0 saturated heterocycles. The van der Waals surface area contributed by atoms with Crippen molar-refractivity contribution in [3.05, 3.63) is 29.8 Å². The molecule has 0 N–H and O–H groups in total. The molecule has 1 aromatic rings. The molecule has 18 heavy (non-hydrogen) atoms. The smallest absolute Gasteiger partial charge is 0.118 e. The van der Waals surface area contributed by atoms with Crippen LogP contribution in [0.15, 0.2) is 24.3 Å². The molecule has 0 amide bonds. The van der Waals surface area contributed by atoms with E-state index in [1.807, 2.05) is 12.1 Å². The van der Waals surface area contributed by atoms with Crippen LogP contribution in [0.1, 0.15) is 19.4 Å². The summed E-state index contributed by atoms with van der Waals surface area (Å²) in [6.07, 6.45) is 0. The predicted octanol–water partition coefficient (Wildman–Crippen LogP) is 3.33. The molecule has 0 saturated carbocycles. The molecule has 0 aliphatic heterocycles. The first-order valence-electron chi connectivity index (χ1n) is 6.49. The molecule has 1 rings (SSSR count). The molecule has 0 bridgehead atoms. The van der Waals surface area contributed by atoms with Gasteiger partial charge in [0.2, 0.25) is 0 Å². The first-order valence-corrected chi connectivity index (χ1v) is 7.12. The number of ether oxygens (including phenoxy) is 1. The highest BCUT2D eigenvalue weighted by Gasteiger charge is 2.14. The van der Waals surface area contributed by atoms with Gasteiger partial charge in [-0.1, -0.05) is 26.0 Å². The van der Waals surface area contributed by atoms with Crippen LogP contribution in [0.4, 0.5) is 0 Å². The number of methoxy groups -OCH3 is 1. The van der Waals surface area contributed by atoms with Gasteiger partial charge in [-0.2, -0.15) is 12.6 Å². The first kappa shape index (κ1) is 15.4. The van der Waals surface area contributed by atoms with Gasteiger partial charge in [-0.3, -0.25) is 0 Å². The Balaban J connectivity index is 2.50. The highest BCUT2D eigenvalue weighted by Crippen LogP contribution is 2.16. The highest BCUT2D eigenvalue weighted by atomic mass is 32.1. The molecule has 1 atom stereocenters. The van der Waals surface area contributed by atoms with Crippen LogP contribution in [-0.4, -0.2) is 31.4 Å². The molecule has 1 aromatic carbocycles. The maximum atomic E-state index is 5.16. The van der Waals surface area contributed by atoms with Crippen molar-refractivity contribution >= 4 is 12.6 Å². The fraction of sp³-hybridized carbons (Fsp3) is 0.600. The van der Waals surface area contributed by atoms with Crippen LogP contribution in [-0.2, 0) is 6.54 Å². The zero-order valence-electron chi connectivity index (χ0n) is 11.9. The standard InChI is InChI=1S/C15H25NOS/c1-12(2)14(11-18)10-16(3)9-13-5-7-15(17-4)8-6-13/h5-8,12,14,18H,9-11H2,1-4H3. The molecule has 0 radical (unpaired) electrons. The summed E-state index contributed by atoms with van der Waals surface area (Å²) in [7, 11) is 3.87. The Hall–Kier alpha value is -0.670. The van der Waals surface area contributed by atoms with Crippen LogP contribution in [0.5, 0.6) is 5.75 Å². The molecule has 0 heterocycles. The minimum absolute atomic E-state index is 0.650. The second-order valence-corrected chi connectivity index (χ2v) is 5.60. The van der Waals surface area contributed by atoms with Crippen molar-refractivity contribution in [2.45, 2.75) is 20.4 Å². The van der Waals surface area contributed by atoms with Gasteiger partial charge >= 0.3 is 0 Å². The first-order chi connectivity index (χ1) is 8.56. The topological polar surface area (TPSA) is 12.5 Å². The maximum absolute atomic E-state index is 5.16. The van der Waals surface area contributed by atoms with Gasteiger partial charge in [-0.05, 0) is 42.3 Å². The van der Waals surface area contributed by atoms with Gasteiger partial charge in [0.15, 0.2) is 0 Å². The molecule has 0 aliphatic carbocycles. The van der Waals surface area contributed by atoms with E-state index in [-0.39, 0.29) is 0 Å². The average molecular weight is 267 g/mol. The largest absolute Gasteiger partial charge is 0.497 e. The third-order valence-electron chi connectivity index (χ3n) is 3.34. The molecule has 1 unspecified atom stereocenters. The Kier molecular flexibility index (Phi) is 6.58. The molecule has 0 fully saturated rings. The number of benzene rings is 1. The minimum Gasteiger partial charge on any atom is -0.497 e. The third kappa shape index (κ3) is 4.91. The SMILES string of the molecule is COc1ccc(CN(C)CC(CS)C(C)C)cc1. The summed E-state index contributed by atoms with van der Waals surface area (Å²) in [4.78, 5) is 2.36. The molecule has 2 nitrogen and oxygen atoms in total. The zero-order chi connectivity index (χ0) is 13.5. The maximum Gasteiger partial charge on any atom is 0.118 e. The van der Waals surface area contributed by atoms with Crippen molar-refractivity contribution in [1.82, 2.24) is 4.90 Å². The summed E-state index contributed by atoms with van der Waals surface area (Å²) in [5.41, 5.74) is 1.32. The van der Waals surface area contributed by atoms with Crippen molar-refractivity contribution in [3.63, 3.8) is 0 Å². The summed E-state index contributed by atoms with van der Waals surface area (Å²) in [5, 5.41) is 0. The van der Waals surface area contributed by atoms with Crippen molar-refractivity contribution in [2.24, 2.45) is 11.8 Å². The van der Waals surface area contributed by atoms with E-state index in [2.05, 4.69) is 50.6 Å². The lowest BCUT2D eigenvalue weighted by Crippen LogP contribution is -2.29. The Bertz CT molecular complexity index is 337. The number of hydrogen-bond acceptors (Lipinski definition) is 3. The normalized spacial score (nSPS) is 13.1. The summed E-state index contributed by atoms with van der Waals surface area (Å²) >= 11 is 4.44. The van der Waals surface area contributed by atoms with Crippen molar-refractivity contribution in [2.75, 3.05) is 26.5 Å². The van der Waals surface area contributed by atoms with Gasteiger partial charge in [-0.15, -0.1) is 0 Å². The van der Waals surface area contributed by atoms with E-state index in [4.69, 9.17) is 4.74 Å². The monoisotopic (exact) mass is 267 g/mol. The van der Waals surface area contributed by atoms with Crippen molar-refractivity contribution < 1.29 is 4.74 Å². The van der Waals surface area contributed by atoms with Crippen molar-refractivity contribution in [3.8, 4) is 5.75 Å². The number of hydrogen-bond donors (Lipinski definition) is 1. The van der Waals surface area contributed by atoms with Crippen LogP contribution in [0.25, 0.3) is 0 Å². The number of thiol groups is 1. The quantitative estimate of drug-likeness (QED) is 0.761. The molecule has 0 spiro atoms. The summed E-state index contributed by atoms with van der Waals surface area (Å²) in [6, 6.07) is 8.28. The summed E-state index contributed by atoms with van der Waals surface area (Å²) < 4.78 is 5.16. The van der Waals surface area contributed by atoms with Gasteiger partial charge in [0.25, 0.3) is 0 Å². The van der Waals surface area contributed by atoms with Gasteiger partial charge in [-0.25, -0.2) is 0 Å². The molecular formula is C15H25NOS. The highest BCUT2D eigenvalue weighted by molar-refractivity contribution is 7.80. The van der Waals surface area contributed by atoms with Crippen molar-refractivity contribution in [1.29, 1.82) is 0 Å². The Morgan fingerprint density at radius 1 is 1.22 bits per heavy atom. The Morgan fingerprint density at radius 2 is 1.83 bits per heavy atom. The van der Waals surface area contributed by atoms with E-state index < -0.39 is 0 Å². The fourth-order valence-corrected chi connectivity index (χ4v) is 2.52. The lowest BCUT2D eigenvalue weighted by Gasteiger charge is -2.25. The van der Waals surface area contributed by atoms with E-state index >= 15 is 0 Å². The minimum atomic E-state index is 0.650. The Labute approximate surface area is 117 Å². The molecule has 0 aliphatic rings. The molecule has 102 valence electrons. The van der Waals surface area contributed by atoms with E-state index in [0.29, 0.717) is 11.8 Å². The Morgan fingerprint density at radius 3 is 2.28 bits per heavy atom. The van der Waals surface area contributed by atoms with Crippen LogP contribution in [0, 0.1) is 11.8 Å². The molecular weight excluding hydrogens is 242 g/mol. The second kappa shape index (κ2) is 7.70. The summed E-state index contributed by atoms with van der Waals surface area (Å²) in [6.45, 7) is 6.60. The summed E-state index contributed by atoms with van der Waals surface area (Å²) in [5.74, 6) is 3.19. The van der Waals surface area contributed by atoms with E-state index in [1.165, 1.54) is 5.56 Å². The number of rotatable bonds is 7. The van der Waals surface area contributed by atoms with Gasteiger partial charge in [0.1, 0.15) is 5.75 Å². The van der Waals surface area contributed by atoms with Gasteiger partial charge in [0.05, 0.1) is 7.11 Å². The van der Waals surface area contributed by atoms with E-state index in [1.54, 1.807) is 7.11 Å². The van der Waals surface area contributed by atoms with Crippen LogP contribution in [0.3, 0.4) is 0 Å². The second-order valence-electron chi connectivity index (χ2n) is 5.23. The van der Waals surface area contributed by atoms with Crippen LogP contribution < -0.4 is 4.74 Å². The van der Waals surface area contributed by atoms with E-state index in [9.17, 15) is 0 Å². The van der Waals surface area contributed by atoms with Crippen LogP contribution in [0.2, 0.25) is 0 Å². The molecule has 3 heteroatoms. The van der Waals surface area contributed by atoms with Gasteiger partial charge in [0, 0.05) is 13.1 Å². The average Bonchev–Trinajstić information content (AvgIpc) is 2.36. The lowest BCUT2D eigenvalue weighted by molar-refractivity contribution is 0.246. The van der Waals surface area contributed by atoms with Crippen LogP contribution >= 0.6 is 12.6 Å². The lowest BCUT2D eigenvalue weighted by atomic mass is 9.97. The van der Waals surface area contributed by atoms with E-state index in [0.717, 1.165) is 24.6 Å². The number of nitrogens with zero attached hydrogens (tertiary/aromatic N) is 1. The molecule has 0 aromatic heterocycles. The van der Waals surface area contributed by atoms with Gasteiger partial charge < -0.3 is 9.64 Å². The predicted molar refractivity (Wildman–Crippen MR) is 81.5 cm³/mol.